The Kier molecular flexibility index (Phi) is 4.15. The summed E-state index contributed by atoms with van der Waals surface area (Å²) in [6.45, 7) is 9.40. The Balaban J connectivity index is 2.01. The SMILES string of the molecule is Cc1ccc(C)c(CNC(C)c2nc(C)cs2)c1. The summed E-state index contributed by atoms with van der Waals surface area (Å²) in [5.74, 6) is 0. The summed E-state index contributed by atoms with van der Waals surface area (Å²) in [6, 6.07) is 6.91. The molecule has 1 aromatic carbocycles. The second-order valence-corrected chi connectivity index (χ2v) is 5.75. The van der Waals surface area contributed by atoms with Crippen LogP contribution in [0.4, 0.5) is 0 Å². The topological polar surface area (TPSA) is 24.9 Å². The van der Waals surface area contributed by atoms with Crippen LogP contribution >= 0.6 is 11.3 Å². The molecule has 2 aromatic rings. The minimum Gasteiger partial charge on any atom is -0.304 e. The van der Waals surface area contributed by atoms with E-state index in [2.05, 4.69) is 54.7 Å². The summed E-state index contributed by atoms with van der Waals surface area (Å²) in [4.78, 5) is 4.52. The lowest BCUT2D eigenvalue weighted by molar-refractivity contribution is 0.569. The van der Waals surface area contributed by atoms with Gasteiger partial charge in [0.1, 0.15) is 5.01 Å². The van der Waals surface area contributed by atoms with Gasteiger partial charge in [-0.15, -0.1) is 11.3 Å². The highest BCUT2D eigenvalue weighted by Gasteiger charge is 2.09. The molecule has 96 valence electrons. The van der Waals surface area contributed by atoms with Crippen LogP contribution in [0.5, 0.6) is 0 Å². The predicted molar refractivity (Wildman–Crippen MR) is 78.0 cm³/mol. The first kappa shape index (κ1) is 13.2. The molecule has 1 aromatic heterocycles. The van der Waals surface area contributed by atoms with E-state index < -0.39 is 0 Å². The zero-order valence-corrected chi connectivity index (χ0v) is 12.3. The van der Waals surface area contributed by atoms with Gasteiger partial charge < -0.3 is 5.32 Å². The van der Waals surface area contributed by atoms with Crippen LogP contribution in [0.1, 0.15) is 40.4 Å². The fourth-order valence-electron chi connectivity index (χ4n) is 1.91. The van der Waals surface area contributed by atoms with E-state index in [1.54, 1.807) is 11.3 Å². The lowest BCUT2D eigenvalue weighted by atomic mass is 10.1. The van der Waals surface area contributed by atoms with E-state index in [9.17, 15) is 0 Å². The largest absolute Gasteiger partial charge is 0.304 e. The lowest BCUT2D eigenvalue weighted by Gasteiger charge is -2.13. The van der Waals surface area contributed by atoms with Crippen LogP contribution in [-0.2, 0) is 6.54 Å². The molecule has 0 amide bonds. The number of nitrogens with one attached hydrogen (secondary N) is 1. The standard InChI is InChI=1S/C15H20N2S/c1-10-5-6-11(2)14(7-10)8-16-13(4)15-17-12(3)9-18-15/h5-7,9,13,16H,8H2,1-4H3. The Morgan fingerprint density at radius 3 is 2.72 bits per heavy atom. The van der Waals surface area contributed by atoms with E-state index >= 15 is 0 Å². The molecule has 0 saturated heterocycles. The molecule has 0 saturated carbocycles. The number of hydrogen-bond acceptors (Lipinski definition) is 3. The molecular weight excluding hydrogens is 240 g/mol. The van der Waals surface area contributed by atoms with E-state index in [1.165, 1.54) is 16.7 Å². The third kappa shape index (κ3) is 3.18. The summed E-state index contributed by atoms with van der Waals surface area (Å²) >= 11 is 1.73. The van der Waals surface area contributed by atoms with Crippen molar-refractivity contribution in [1.82, 2.24) is 10.3 Å². The van der Waals surface area contributed by atoms with Crippen molar-refractivity contribution in [1.29, 1.82) is 0 Å². The van der Waals surface area contributed by atoms with Crippen molar-refractivity contribution in [2.45, 2.75) is 40.3 Å². The molecule has 2 rings (SSSR count). The third-order valence-corrected chi connectivity index (χ3v) is 4.26. The molecule has 1 unspecified atom stereocenters. The number of thiazole rings is 1. The average molecular weight is 260 g/mol. The van der Waals surface area contributed by atoms with Crippen LogP contribution < -0.4 is 5.32 Å². The molecule has 0 aliphatic carbocycles. The Morgan fingerprint density at radius 1 is 1.28 bits per heavy atom. The molecule has 18 heavy (non-hydrogen) atoms. The highest BCUT2D eigenvalue weighted by Crippen LogP contribution is 2.18. The zero-order valence-electron chi connectivity index (χ0n) is 11.4. The van der Waals surface area contributed by atoms with Gasteiger partial charge in [0.25, 0.3) is 0 Å². The van der Waals surface area contributed by atoms with Gasteiger partial charge >= 0.3 is 0 Å². The number of hydrogen-bond donors (Lipinski definition) is 1. The maximum absolute atomic E-state index is 4.52. The van der Waals surface area contributed by atoms with Crippen molar-refractivity contribution in [3.8, 4) is 0 Å². The first-order valence-electron chi connectivity index (χ1n) is 6.28. The Hall–Kier alpha value is -1.19. The minimum absolute atomic E-state index is 0.309. The highest BCUT2D eigenvalue weighted by atomic mass is 32.1. The van der Waals surface area contributed by atoms with E-state index in [0.717, 1.165) is 17.2 Å². The van der Waals surface area contributed by atoms with Gasteiger partial charge in [0.05, 0.1) is 6.04 Å². The van der Waals surface area contributed by atoms with Gasteiger partial charge in [0.15, 0.2) is 0 Å². The van der Waals surface area contributed by atoms with Gasteiger partial charge in [0.2, 0.25) is 0 Å². The second-order valence-electron chi connectivity index (χ2n) is 4.86. The van der Waals surface area contributed by atoms with Crippen LogP contribution in [0.15, 0.2) is 23.6 Å². The van der Waals surface area contributed by atoms with Gasteiger partial charge in [-0.25, -0.2) is 4.98 Å². The highest BCUT2D eigenvalue weighted by molar-refractivity contribution is 7.09. The van der Waals surface area contributed by atoms with Crippen LogP contribution in [0.2, 0.25) is 0 Å². The van der Waals surface area contributed by atoms with Crippen molar-refractivity contribution in [3.05, 3.63) is 51.0 Å². The van der Waals surface area contributed by atoms with Crippen molar-refractivity contribution in [2.24, 2.45) is 0 Å². The fourth-order valence-corrected chi connectivity index (χ4v) is 2.74. The van der Waals surface area contributed by atoms with Crippen molar-refractivity contribution in [2.75, 3.05) is 0 Å². The number of rotatable bonds is 4. The molecule has 3 heteroatoms. The molecule has 1 N–H and O–H groups in total. The summed E-state index contributed by atoms with van der Waals surface area (Å²) in [6.07, 6.45) is 0. The average Bonchev–Trinajstić information content (AvgIpc) is 2.77. The van der Waals surface area contributed by atoms with Crippen molar-refractivity contribution in [3.63, 3.8) is 0 Å². The fraction of sp³-hybridized carbons (Fsp3) is 0.400. The normalized spacial score (nSPS) is 12.7. The van der Waals surface area contributed by atoms with Crippen LogP contribution in [0.25, 0.3) is 0 Å². The van der Waals surface area contributed by atoms with Gasteiger partial charge in [-0.3, -0.25) is 0 Å². The summed E-state index contributed by atoms with van der Waals surface area (Å²) in [5.41, 5.74) is 5.14. The number of nitrogens with zero attached hydrogens (tertiary/aromatic N) is 1. The number of aromatic nitrogens is 1. The quantitative estimate of drug-likeness (QED) is 0.901. The van der Waals surface area contributed by atoms with Gasteiger partial charge in [0, 0.05) is 17.6 Å². The first-order chi connectivity index (χ1) is 8.56. The predicted octanol–water partition coefficient (Wildman–Crippen LogP) is 3.92. The van der Waals surface area contributed by atoms with Crippen LogP contribution in [0, 0.1) is 20.8 Å². The van der Waals surface area contributed by atoms with E-state index in [-0.39, 0.29) is 0 Å². The molecular formula is C15H20N2S. The van der Waals surface area contributed by atoms with Crippen LogP contribution in [0.3, 0.4) is 0 Å². The second kappa shape index (κ2) is 5.63. The molecule has 1 heterocycles. The van der Waals surface area contributed by atoms with E-state index in [4.69, 9.17) is 0 Å². The summed E-state index contributed by atoms with van der Waals surface area (Å²) < 4.78 is 0. The Morgan fingerprint density at radius 2 is 2.06 bits per heavy atom. The molecule has 0 bridgehead atoms. The molecule has 0 spiro atoms. The minimum atomic E-state index is 0.309. The molecule has 1 atom stereocenters. The number of aryl methyl sites for hydroxylation is 3. The van der Waals surface area contributed by atoms with E-state index in [1.807, 2.05) is 6.92 Å². The Bertz CT molecular complexity index is 531. The van der Waals surface area contributed by atoms with Gasteiger partial charge in [-0.1, -0.05) is 23.8 Å². The van der Waals surface area contributed by atoms with Gasteiger partial charge in [-0.05, 0) is 38.8 Å². The number of benzene rings is 1. The lowest BCUT2D eigenvalue weighted by Crippen LogP contribution is -2.18. The third-order valence-electron chi connectivity index (χ3n) is 3.11. The summed E-state index contributed by atoms with van der Waals surface area (Å²) in [7, 11) is 0. The zero-order chi connectivity index (χ0) is 13.1. The van der Waals surface area contributed by atoms with Crippen LogP contribution in [-0.4, -0.2) is 4.98 Å². The van der Waals surface area contributed by atoms with Gasteiger partial charge in [-0.2, -0.15) is 0 Å². The van der Waals surface area contributed by atoms with Crippen molar-refractivity contribution < 1.29 is 0 Å². The molecule has 0 aliphatic heterocycles. The summed E-state index contributed by atoms with van der Waals surface area (Å²) in [5, 5.41) is 6.81. The molecule has 0 aliphatic rings. The molecule has 0 fully saturated rings. The maximum atomic E-state index is 4.52. The first-order valence-corrected chi connectivity index (χ1v) is 7.16. The van der Waals surface area contributed by atoms with Crippen molar-refractivity contribution >= 4 is 11.3 Å². The monoisotopic (exact) mass is 260 g/mol. The van der Waals surface area contributed by atoms with E-state index in [0.29, 0.717) is 6.04 Å². The molecule has 0 radical (unpaired) electrons. The Labute approximate surface area is 113 Å². The maximum Gasteiger partial charge on any atom is 0.110 e. The molecule has 2 nitrogen and oxygen atoms in total. The smallest absolute Gasteiger partial charge is 0.110 e.